The van der Waals surface area contributed by atoms with Crippen LogP contribution in [-0.4, -0.2) is 46.5 Å². The van der Waals surface area contributed by atoms with E-state index in [9.17, 15) is 14.7 Å². The molecular weight excluding hydrogens is 450 g/mol. The van der Waals surface area contributed by atoms with Crippen molar-refractivity contribution in [3.8, 4) is 5.75 Å². The molecule has 7 nitrogen and oxygen atoms in total. The Labute approximate surface area is 202 Å². The molecule has 0 unspecified atom stereocenters. The number of aromatic hydroxyl groups is 1. The number of thioether (sulfide) groups is 1. The van der Waals surface area contributed by atoms with E-state index in [0.717, 1.165) is 21.8 Å². The molecule has 1 aromatic heterocycles. The van der Waals surface area contributed by atoms with Crippen molar-refractivity contribution in [2.75, 3.05) is 25.3 Å². The molecule has 8 heteroatoms. The third-order valence-electron chi connectivity index (χ3n) is 6.67. The molecule has 0 saturated heterocycles. The van der Waals surface area contributed by atoms with Crippen LogP contribution in [0.25, 0.3) is 0 Å². The summed E-state index contributed by atoms with van der Waals surface area (Å²) in [5, 5.41) is 12.8. The highest BCUT2D eigenvalue weighted by atomic mass is 32.2. The minimum absolute atomic E-state index is 0.0326. The van der Waals surface area contributed by atoms with Crippen LogP contribution < -0.4 is 10.4 Å². The summed E-state index contributed by atoms with van der Waals surface area (Å²) in [6.07, 6.45) is 1.59. The smallest absolute Gasteiger partial charge is 0.278 e. The van der Waals surface area contributed by atoms with Gasteiger partial charge in [0.2, 0.25) is 5.43 Å². The highest BCUT2D eigenvalue weighted by molar-refractivity contribution is 7.98. The molecular formula is C26H27N3O4S. The average molecular weight is 478 g/mol. The van der Waals surface area contributed by atoms with Gasteiger partial charge in [0.15, 0.2) is 11.4 Å². The molecule has 0 aliphatic carbocycles. The van der Waals surface area contributed by atoms with Gasteiger partial charge in [0.25, 0.3) is 5.91 Å². The largest absolute Gasteiger partial charge is 0.502 e. The second-order valence-corrected chi connectivity index (χ2v) is 9.96. The number of aromatic nitrogens is 1. The molecule has 176 valence electrons. The Morgan fingerprint density at radius 3 is 2.53 bits per heavy atom. The van der Waals surface area contributed by atoms with Gasteiger partial charge in [-0.1, -0.05) is 42.5 Å². The second kappa shape index (κ2) is 8.52. The van der Waals surface area contributed by atoms with Gasteiger partial charge in [-0.05, 0) is 36.6 Å². The van der Waals surface area contributed by atoms with Crippen molar-refractivity contribution in [2.45, 2.75) is 36.2 Å². The Hall–Kier alpha value is -3.23. The van der Waals surface area contributed by atoms with E-state index in [1.54, 1.807) is 34.6 Å². The normalized spacial score (nSPS) is 18.7. The number of nitrogens with zero attached hydrogens (tertiary/aromatic N) is 3. The van der Waals surface area contributed by atoms with Crippen LogP contribution in [-0.2, 0) is 10.5 Å². The summed E-state index contributed by atoms with van der Waals surface area (Å²) in [7, 11) is 1.59. The SMILES string of the molecule is COCCN1C(=O)c2c(O)c(=O)ccn2N([C@H]2c3ccccc3CSc3ccccc32)C1(C)C. The average Bonchev–Trinajstić information content (AvgIpc) is 2.98. The summed E-state index contributed by atoms with van der Waals surface area (Å²) < 4.78 is 6.96. The lowest BCUT2D eigenvalue weighted by Gasteiger charge is -2.55. The monoisotopic (exact) mass is 477 g/mol. The molecule has 1 amide bonds. The molecule has 2 aromatic carbocycles. The Kier molecular flexibility index (Phi) is 5.65. The summed E-state index contributed by atoms with van der Waals surface area (Å²) in [6, 6.07) is 17.7. The van der Waals surface area contributed by atoms with Gasteiger partial charge in [-0.3, -0.25) is 19.3 Å². The number of amides is 1. The van der Waals surface area contributed by atoms with Crippen molar-refractivity contribution in [2.24, 2.45) is 0 Å². The Morgan fingerprint density at radius 2 is 1.76 bits per heavy atom. The number of ether oxygens (including phenoxy) is 1. The van der Waals surface area contributed by atoms with Crippen molar-refractivity contribution in [3.63, 3.8) is 0 Å². The lowest BCUT2D eigenvalue weighted by molar-refractivity contribution is 0.0243. The van der Waals surface area contributed by atoms with Crippen LogP contribution in [0.5, 0.6) is 5.75 Å². The summed E-state index contributed by atoms with van der Waals surface area (Å²) >= 11 is 1.79. The van der Waals surface area contributed by atoms with E-state index in [2.05, 4.69) is 29.3 Å². The molecule has 0 bridgehead atoms. The fourth-order valence-corrected chi connectivity index (χ4v) is 6.11. The molecule has 1 atom stereocenters. The van der Waals surface area contributed by atoms with Crippen LogP contribution in [0, 0.1) is 0 Å². The van der Waals surface area contributed by atoms with Crippen molar-refractivity contribution < 1.29 is 14.6 Å². The van der Waals surface area contributed by atoms with Crippen LogP contribution in [0.1, 0.15) is 47.1 Å². The quantitative estimate of drug-likeness (QED) is 0.617. The third-order valence-corrected chi connectivity index (χ3v) is 7.80. The van der Waals surface area contributed by atoms with Crippen LogP contribution in [0.15, 0.2) is 70.5 Å². The number of hydrogen-bond acceptors (Lipinski definition) is 6. The van der Waals surface area contributed by atoms with Gasteiger partial charge in [-0.2, -0.15) is 0 Å². The molecule has 0 saturated carbocycles. The Balaban J connectivity index is 1.83. The lowest BCUT2D eigenvalue weighted by atomic mass is 9.92. The van der Waals surface area contributed by atoms with E-state index in [4.69, 9.17) is 4.74 Å². The summed E-state index contributed by atoms with van der Waals surface area (Å²) in [4.78, 5) is 28.8. The number of hydrogen-bond donors (Lipinski definition) is 1. The molecule has 3 aromatic rings. The predicted molar refractivity (Wildman–Crippen MR) is 132 cm³/mol. The van der Waals surface area contributed by atoms with E-state index in [1.165, 1.54) is 11.6 Å². The molecule has 0 fully saturated rings. The molecule has 2 aliphatic rings. The number of carbonyl (C=O) groups is 1. The number of fused-ring (bicyclic) bond motifs is 3. The molecule has 5 rings (SSSR count). The predicted octanol–water partition coefficient (Wildman–Crippen LogP) is 3.73. The standard InChI is InChI=1S/C26H27N3O4S/c1-26(2)27(14-15-33-3)25(32)23-24(31)20(30)12-13-28(23)29(26)22-18-9-5-4-8-17(18)16-34-21-11-7-6-10-19(21)22/h4-13,22,31H,14-16H2,1-3H3/t22-/m0/s1. The zero-order valence-corrected chi connectivity index (χ0v) is 20.2. The summed E-state index contributed by atoms with van der Waals surface area (Å²) in [6.45, 7) is 4.62. The van der Waals surface area contributed by atoms with Gasteiger partial charge >= 0.3 is 0 Å². The minimum atomic E-state index is -0.815. The Morgan fingerprint density at radius 1 is 1.06 bits per heavy atom. The Bertz CT molecular complexity index is 1270. The highest BCUT2D eigenvalue weighted by Crippen LogP contribution is 2.45. The number of rotatable bonds is 4. The fraction of sp³-hybridized carbons (Fsp3) is 0.308. The number of methoxy groups -OCH3 is 1. The molecule has 1 N–H and O–H groups in total. The fourth-order valence-electron chi connectivity index (χ4n) is 5.01. The first-order valence-corrected chi connectivity index (χ1v) is 12.2. The number of pyridine rings is 1. The van der Waals surface area contributed by atoms with Gasteiger partial charge in [0.05, 0.1) is 12.6 Å². The highest BCUT2D eigenvalue weighted by Gasteiger charge is 2.49. The second-order valence-electron chi connectivity index (χ2n) is 8.94. The van der Waals surface area contributed by atoms with Crippen LogP contribution >= 0.6 is 11.8 Å². The van der Waals surface area contributed by atoms with Gasteiger partial charge < -0.3 is 14.7 Å². The van der Waals surface area contributed by atoms with Gasteiger partial charge in [0, 0.05) is 36.6 Å². The minimum Gasteiger partial charge on any atom is -0.502 e. The van der Waals surface area contributed by atoms with Crippen LogP contribution in [0.3, 0.4) is 0 Å². The lowest BCUT2D eigenvalue weighted by Crippen LogP contribution is -2.69. The maximum absolute atomic E-state index is 13.6. The topological polar surface area (TPSA) is 75.0 Å². The molecule has 3 heterocycles. The van der Waals surface area contributed by atoms with Crippen molar-refractivity contribution in [1.82, 2.24) is 9.58 Å². The maximum atomic E-state index is 13.6. The van der Waals surface area contributed by atoms with Crippen molar-refractivity contribution in [1.29, 1.82) is 0 Å². The van der Waals surface area contributed by atoms with Gasteiger partial charge in [0.1, 0.15) is 5.66 Å². The molecule has 34 heavy (non-hydrogen) atoms. The first kappa shape index (κ1) is 22.6. The van der Waals surface area contributed by atoms with Crippen LogP contribution in [0.4, 0.5) is 0 Å². The van der Waals surface area contributed by atoms with Crippen molar-refractivity contribution >= 4 is 17.7 Å². The maximum Gasteiger partial charge on any atom is 0.278 e. The summed E-state index contributed by atoms with van der Waals surface area (Å²) in [5.41, 5.74) is 2.01. The van der Waals surface area contributed by atoms with Gasteiger partial charge in [-0.15, -0.1) is 11.8 Å². The van der Waals surface area contributed by atoms with E-state index in [1.807, 2.05) is 38.1 Å². The first-order valence-electron chi connectivity index (χ1n) is 11.2. The molecule has 2 aliphatic heterocycles. The first-order chi connectivity index (χ1) is 16.4. The zero-order valence-electron chi connectivity index (χ0n) is 19.4. The molecule has 0 radical (unpaired) electrons. The number of carbonyl (C=O) groups excluding carboxylic acids is 1. The zero-order chi connectivity index (χ0) is 24.0. The van der Waals surface area contributed by atoms with Crippen LogP contribution in [0.2, 0.25) is 0 Å². The molecule has 0 spiro atoms. The van der Waals surface area contributed by atoms with Crippen molar-refractivity contribution in [3.05, 3.63) is 93.4 Å². The van der Waals surface area contributed by atoms with E-state index in [-0.39, 0.29) is 11.7 Å². The van der Waals surface area contributed by atoms with Gasteiger partial charge in [-0.25, -0.2) is 0 Å². The van der Waals surface area contributed by atoms with E-state index in [0.29, 0.717) is 13.2 Å². The third kappa shape index (κ3) is 3.40. The summed E-state index contributed by atoms with van der Waals surface area (Å²) in [5.74, 6) is -0.120. The number of benzene rings is 2. The van der Waals surface area contributed by atoms with E-state index >= 15 is 0 Å². The van der Waals surface area contributed by atoms with E-state index < -0.39 is 22.7 Å².